The lowest BCUT2D eigenvalue weighted by atomic mass is 10.2. The number of benzene rings is 2. The van der Waals surface area contributed by atoms with Gasteiger partial charge in [-0.05, 0) is 36.4 Å². The van der Waals surface area contributed by atoms with E-state index in [4.69, 9.17) is 16.3 Å². The second-order valence-electron chi connectivity index (χ2n) is 6.21. The standard InChI is InChI=1S/C21H18ClFN4O3/c1-13(28)26-16-7-8-19(18(22)11-16)27-21(29)25-12-14-4-3-9-24-20(14)30-17-6-2-5-15(23)10-17/h2-11H,12H2,1H3,(H,26,28)(H2,25,27,29). The van der Waals surface area contributed by atoms with Gasteiger partial charge in [0, 0.05) is 37.0 Å². The summed E-state index contributed by atoms with van der Waals surface area (Å²) in [4.78, 5) is 27.5. The Kier molecular flexibility index (Phi) is 6.82. The average Bonchev–Trinajstić information content (AvgIpc) is 2.69. The molecule has 0 atom stereocenters. The molecule has 30 heavy (non-hydrogen) atoms. The summed E-state index contributed by atoms with van der Waals surface area (Å²) in [5.41, 5.74) is 1.50. The van der Waals surface area contributed by atoms with Gasteiger partial charge in [-0.1, -0.05) is 23.7 Å². The molecule has 9 heteroatoms. The number of amides is 3. The highest BCUT2D eigenvalue weighted by molar-refractivity contribution is 6.34. The van der Waals surface area contributed by atoms with Crippen molar-refractivity contribution in [2.24, 2.45) is 0 Å². The van der Waals surface area contributed by atoms with Crippen LogP contribution in [0.25, 0.3) is 0 Å². The number of nitrogens with zero attached hydrogens (tertiary/aromatic N) is 1. The van der Waals surface area contributed by atoms with E-state index in [0.29, 0.717) is 22.7 Å². The Morgan fingerprint density at radius 1 is 1.10 bits per heavy atom. The number of hydrogen-bond donors (Lipinski definition) is 3. The Morgan fingerprint density at radius 3 is 2.67 bits per heavy atom. The maximum Gasteiger partial charge on any atom is 0.319 e. The van der Waals surface area contributed by atoms with Crippen LogP contribution in [0, 0.1) is 5.82 Å². The fourth-order valence-electron chi connectivity index (χ4n) is 2.53. The normalized spacial score (nSPS) is 10.2. The first-order valence-corrected chi connectivity index (χ1v) is 9.28. The highest BCUT2D eigenvalue weighted by Crippen LogP contribution is 2.26. The SMILES string of the molecule is CC(=O)Nc1ccc(NC(=O)NCc2cccnc2Oc2cccc(F)c2)c(Cl)c1. The van der Waals surface area contributed by atoms with Gasteiger partial charge < -0.3 is 20.7 Å². The summed E-state index contributed by atoms with van der Waals surface area (Å²) in [6, 6.07) is 13.4. The van der Waals surface area contributed by atoms with Crippen LogP contribution < -0.4 is 20.7 Å². The molecular weight excluding hydrogens is 411 g/mol. The number of carbonyl (C=O) groups excluding carboxylic acids is 2. The molecule has 0 spiro atoms. The number of pyridine rings is 1. The number of urea groups is 1. The van der Waals surface area contributed by atoms with Crippen LogP contribution in [0.4, 0.5) is 20.6 Å². The number of hydrogen-bond acceptors (Lipinski definition) is 4. The minimum Gasteiger partial charge on any atom is -0.439 e. The Bertz CT molecular complexity index is 1080. The number of halogens is 2. The molecule has 7 nitrogen and oxygen atoms in total. The van der Waals surface area contributed by atoms with Crippen LogP contribution in [0.1, 0.15) is 12.5 Å². The van der Waals surface area contributed by atoms with Gasteiger partial charge in [0.05, 0.1) is 10.7 Å². The van der Waals surface area contributed by atoms with Gasteiger partial charge in [0.15, 0.2) is 0 Å². The minimum absolute atomic E-state index is 0.117. The highest BCUT2D eigenvalue weighted by Gasteiger charge is 2.10. The molecule has 0 saturated carbocycles. The van der Waals surface area contributed by atoms with E-state index in [0.717, 1.165) is 0 Å². The van der Waals surface area contributed by atoms with E-state index in [9.17, 15) is 14.0 Å². The molecule has 0 fully saturated rings. The zero-order valence-electron chi connectivity index (χ0n) is 15.9. The molecule has 0 aliphatic rings. The van der Waals surface area contributed by atoms with E-state index in [1.165, 1.54) is 37.4 Å². The first-order valence-electron chi connectivity index (χ1n) is 8.90. The van der Waals surface area contributed by atoms with Crippen LogP contribution in [0.15, 0.2) is 60.8 Å². The summed E-state index contributed by atoms with van der Waals surface area (Å²) in [5.74, 6) is -0.104. The zero-order valence-corrected chi connectivity index (χ0v) is 16.7. The first-order chi connectivity index (χ1) is 14.4. The number of carbonyl (C=O) groups is 2. The Labute approximate surface area is 177 Å². The Hall–Kier alpha value is -3.65. The van der Waals surface area contributed by atoms with Gasteiger partial charge in [0.2, 0.25) is 11.8 Å². The maximum absolute atomic E-state index is 13.4. The van der Waals surface area contributed by atoms with Crippen LogP contribution in [0.2, 0.25) is 5.02 Å². The molecule has 1 heterocycles. The monoisotopic (exact) mass is 428 g/mol. The first kappa shape index (κ1) is 21.1. The third-order valence-electron chi connectivity index (χ3n) is 3.84. The second-order valence-corrected chi connectivity index (χ2v) is 6.62. The van der Waals surface area contributed by atoms with Gasteiger partial charge in [-0.15, -0.1) is 0 Å². The molecule has 2 aromatic carbocycles. The summed E-state index contributed by atoms with van der Waals surface area (Å²) < 4.78 is 19.0. The van der Waals surface area contributed by atoms with Crippen LogP contribution in [0.3, 0.4) is 0 Å². The van der Waals surface area contributed by atoms with E-state index in [2.05, 4.69) is 20.9 Å². The predicted octanol–water partition coefficient (Wildman–Crippen LogP) is 4.95. The second kappa shape index (κ2) is 9.71. The van der Waals surface area contributed by atoms with Crippen LogP contribution in [-0.4, -0.2) is 16.9 Å². The summed E-state index contributed by atoms with van der Waals surface area (Å²) >= 11 is 6.15. The smallest absolute Gasteiger partial charge is 0.319 e. The van der Waals surface area contributed by atoms with Crippen molar-refractivity contribution < 1.29 is 18.7 Å². The molecule has 0 bridgehead atoms. The molecule has 0 unspecified atom stereocenters. The molecule has 0 radical (unpaired) electrons. The van der Waals surface area contributed by atoms with Crippen molar-refractivity contribution in [1.29, 1.82) is 0 Å². The van der Waals surface area contributed by atoms with E-state index >= 15 is 0 Å². The molecule has 0 aliphatic carbocycles. The van der Waals surface area contributed by atoms with Crippen LogP contribution in [0.5, 0.6) is 11.6 Å². The largest absolute Gasteiger partial charge is 0.439 e. The molecule has 154 valence electrons. The topological polar surface area (TPSA) is 92.4 Å². The third kappa shape index (κ3) is 5.92. The lowest BCUT2D eigenvalue weighted by Crippen LogP contribution is -2.28. The molecular formula is C21H18ClFN4O3. The summed E-state index contributed by atoms with van der Waals surface area (Å²) in [7, 11) is 0. The van der Waals surface area contributed by atoms with Gasteiger partial charge in [-0.2, -0.15) is 0 Å². The van der Waals surface area contributed by atoms with Gasteiger partial charge in [-0.25, -0.2) is 14.2 Å². The molecule has 3 N–H and O–H groups in total. The minimum atomic E-state index is -0.496. The number of nitrogens with one attached hydrogen (secondary N) is 3. The predicted molar refractivity (Wildman–Crippen MR) is 112 cm³/mol. The zero-order chi connectivity index (χ0) is 21.5. The molecule has 3 aromatic rings. The van der Waals surface area contributed by atoms with Gasteiger partial charge in [0.25, 0.3) is 0 Å². The molecule has 3 amide bonds. The lowest BCUT2D eigenvalue weighted by molar-refractivity contribution is -0.114. The Balaban J connectivity index is 1.62. The van der Waals surface area contributed by atoms with Crippen LogP contribution >= 0.6 is 11.6 Å². The number of ether oxygens (including phenoxy) is 1. The lowest BCUT2D eigenvalue weighted by Gasteiger charge is -2.12. The number of rotatable bonds is 6. The summed E-state index contributed by atoms with van der Waals surface area (Å²) in [6.07, 6.45) is 1.54. The van der Waals surface area contributed by atoms with Gasteiger partial charge in [0.1, 0.15) is 11.6 Å². The van der Waals surface area contributed by atoms with E-state index in [-0.39, 0.29) is 23.4 Å². The van der Waals surface area contributed by atoms with Crippen molar-refractivity contribution in [1.82, 2.24) is 10.3 Å². The van der Waals surface area contributed by atoms with Gasteiger partial charge >= 0.3 is 6.03 Å². The molecule has 1 aromatic heterocycles. The van der Waals surface area contributed by atoms with Crippen molar-refractivity contribution in [3.8, 4) is 11.6 Å². The highest BCUT2D eigenvalue weighted by atomic mass is 35.5. The fourth-order valence-corrected chi connectivity index (χ4v) is 2.76. The number of anilines is 2. The van der Waals surface area contributed by atoms with Crippen molar-refractivity contribution in [3.05, 3.63) is 77.2 Å². The molecule has 3 rings (SSSR count). The van der Waals surface area contributed by atoms with Crippen molar-refractivity contribution in [2.45, 2.75) is 13.5 Å². The number of aromatic nitrogens is 1. The third-order valence-corrected chi connectivity index (χ3v) is 4.15. The summed E-state index contributed by atoms with van der Waals surface area (Å²) in [5, 5.41) is 8.20. The maximum atomic E-state index is 13.4. The quantitative estimate of drug-likeness (QED) is 0.518. The van der Waals surface area contributed by atoms with Gasteiger partial charge in [-0.3, -0.25) is 4.79 Å². The van der Waals surface area contributed by atoms with Crippen LogP contribution in [-0.2, 0) is 11.3 Å². The summed E-state index contributed by atoms with van der Waals surface area (Å²) in [6.45, 7) is 1.50. The fraction of sp³-hybridized carbons (Fsp3) is 0.0952. The van der Waals surface area contributed by atoms with Crippen molar-refractivity contribution in [2.75, 3.05) is 10.6 Å². The van der Waals surface area contributed by atoms with Crippen molar-refractivity contribution >= 4 is 34.9 Å². The average molecular weight is 429 g/mol. The van der Waals surface area contributed by atoms with E-state index in [1.807, 2.05) is 0 Å². The van der Waals surface area contributed by atoms with E-state index < -0.39 is 11.8 Å². The van der Waals surface area contributed by atoms with E-state index in [1.54, 1.807) is 30.3 Å². The molecule has 0 saturated heterocycles. The van der Waals surface area contributed by atoms with Crippen molar-refractivity contribution in [3.63, 3.8) is 0 Å². The molecule has 0 aliphatic heterocycles. The Morgan fingerprint density at radius 2 is 1.93 bits per heavy atom.